The second kappa shape index (κ2) is 7.69. The van der Waals surface area contributed by atoms with E-state index in [2.05, 4.69) is 15.6 Å². The van der Waals surface area contributed by atoms with Crippen molar-refractivity contribution in [3.8, 4) is 0 Å². The van der Waals surface area contributed by atoms with Crippen LogP contribution < -0.4 is 26.8 Å². The van der Waals surface area contributed by atoms with Gasteiger partial charge in [0, 0.05) is 36.8 Å². The number of benzene rings is 1. The van der Waals surface area contributed by atoms with Crippen LogP contribution in [0.4, 0.5) is 22.0 Å². The van der Waals surface area contributed by atoms with Crippen LogP contribution >= 0.6 is 0 Å². The van der Waals surface area contributed by atoms with Crippen molar-refractivity contribution in [1.82, 2.24) is 15.6 Å². The molecule has 3 rings (SSSR count). The number of nitrogens with one attached hydrogen (secondary N) is 3. The number of alkyl halides is 3. The third-order valence-corrected chi connectivity index (χ3v) is 4.38. The molecular formula is C19H19F5N3O2. The van der Waals surface area contributed by atoms with E-state index in [1.807, 2.05) is 0 Å². The molecule has 1 radical (unpaired) electrons. The molecule has 0 bridgehead atoms. The van der Waals surface area contributed by atoms with Crippen molar-refractivity contribution in [1.29, 1.82) is 0 Å². The van der Waals surface area contributed by atoms with E-state index in [0.717, 1.165) is 18.3 Å². The monoisotopic (exact) mass is 416 g/mol. The lowest BCUT2D eigenvalue weighted by Crippen LogP contribution is -2.46. The summed E-state index contributed by atoms with van der Waals surface area (Å²) >= 11 is 0. The molecule has 29 heavy (non-hydrogen) atoms. The quantitative estimate of drug-likeness (QED) is 0.667. The summed E-state index contributed by atoms with van der Waals surface area (Å²) in [5.74, 6) is -2.64. The Morgan fingerprint density at radius 3 is 2.66 bits per heavy atom. The summed E-state index contributed by atoms with van der Waals surface area (Å²) in [6, 6.07) is 1.79. The van der Waals surface area contributed by atoms with Crippen molar-refractivity contribution in [2.75, 3.05) is 0 Å². The van der Waals surface area contributed by atoms with Gasteiger partial charge in [0.25, 0.3) is 5.56 Å². The van der Waals surface area contributed by atoms with Crippen LogP contribution in [0.3, 0.4) is 0 Å². The standard InChI is InChI=1S/C19H15F5N3O2.2H2/c1-9(11-3-2-10(20)6-14(11)21)26-16(28)7-12-17(19(22,23)24)13-8-25-5-4-15(13)27-18(12)29;;/h2-6,8-9,25H,7H2,1H3,(H,26,28)(H,27,29);2*1H/t9-;;/m0../s1. The number of fused-ring (bicyclic) bond motifs is 1. The number of carbonyl (C=O) groups is 1. The molecule has 1 aromatic heterocycles. The lowest BCUT2D eigenvalue weighted by atomic mass is 10.0. The van der Waals surface area contributed by atoms with Crippen LogP contribution in [0.5, 0.6) is 0 Å². The number of halogens is 5. The van der Waals surface area contributed by atoms with Gasteiger partial charge in [-0.2, -0.15) is 13.2 Å². The molecule has 0 spiro atoms. The predicted molar refractivity (Wildman–Crippen MR) is 98.5 cm³/mol. The van der Waals surface area contributed by atoms with Gasteiger partial charge in [-0.1, -0.05) is 6.07 Å². The summed E-state index contributed by atoms with van der Waals surface area (Å²) < 4.78 is 67.8. The summed E-state index contributed by atoms with van der Waals surface area (Å²) in [6.07, 6.45) is -3.41. The molecule has 2 heterocycles. The number of hydrogen-bond acceptors (Lipinski definition) is 3. The molecule has 0 saturated carbocycles. The van der Waals surface area contributed by atoms with Gasteiger partial charge in [0.1, 0.15) is 11.6 Å². The Labute approximate surface area is 163 Å². The smallest absolute Gasteiger partial charge is 0.382 e. The number of pyridine rings is 1. The Balaban J connectivity index is 0.00000240. The Hall–Kier alpha value is -3.17. The van der Waals surface area contributed by atoms with Crippen LogP contribution in [0.2, 0.25) is 0 Å². The number of carbonyl (C=O) groups excluding carboxylic acids is 1. The summed E-state index contributed by atoms with van der Waals surface area (Å²) in [6.45, 7) is 2.74. The Kier molecular flexibility index (Phi) is 5.45. The van der Waals surface area contributed by atoms with Crippen molar-refractivity contribution in [2.45, 2.75) is 25.6 Å². The van der Waals surface area contributed by atoms with Crippen molar-refractivity contribution in [2.24, 2.45) is 0 Å². The van der Waals surface area contributed by atoms with E-state index in [4.69, 9.17) is 0 Å². The van der Waals surface area contributed by atoms with E-state index < -0.39 is 52.9 Å². The van der Waals surface area contributed by atoms with Gasteiger partial charge in [-0.05, 0) is 19.1 Å². The maximum absolute atomic E-state index is 13.8. The van der Waals surface area contributed by atoms with Crippen LogP contribution in [-0.2, 0) is 17.4 Å². The fraction of sp³-hybridized carbons (Fsp3) is 0.211. The topological polar surface area (TPSA) is 74.0 Å². The predicted octanol–water partition coefficient (Wildman–Crippen LogP) is 1.87. The molecule has 5 nitrogen and oxygen atoms in total. The SMILES string of the molecule is C[C@H](NC(=O)Cc1c(C(F)(F)F)c2c([nH]c1=O)=C[CH]NC=2)c1ccc(F)cc1F.[HH].[HH]. The molecule has 10 heteroatoms. The minimum Gasteiger partial charge on any atom is -0.382 e. The molecule has 1 aliphatic heterocycles. The van der Waals surface area contributed by atoms with E-state index in [0.29, 0.717) is 6.07 Å². The molecule has 0 saturated heterocycles. The zero-order valence-electron chi connectivity index (χ0n) is 15.0. The number of aromatic amines is 1. The molecule has 0 unspecified atom stereocenters. The highest BCUT2D eigenvalue weighted by molar-refractivity contribution is 5.79. The molecule has 1 aliphatic rings. The van der Waals surface area contributed by atoms with Gasteiger partial charge in [0.2, 0.25) is 5.91 Å². The Morgan fingerprint density at radius 1 is 1.28 bits per heavy atom. The fourth-order valence-corrected chi connectivity index (χ4v) is 3.10. The third-order valence-electron chi connectivity index (χ3n) is 4.38. The van der Waals surface area contributed by atoms with E-state index in [1.165, 1.54) is 19.5 Å². The van der Waals surface area contributed by atoms with Crippen molar-refractivity contribution in [3.63, 3.8) is 0 Å². The summed E-state index contributed by atoms with van der Waals surface area (Å²) in [7, 11) is 0. The van der Waals surface area contributed by atoms with Gasteiger partial charge in [0.05, 0.1) is 24.6 Å². The molecule has 0 fully saturated rings. The molecular weight excluding hydrogens is 397 g/mol. The first-order valence-electron chi connectivity index (χ1n) is 8.44. The highest BCUT2D eigenvalue weighted by atomic mass is 19.4. The number of amides is 1. The number of H-pyrrole nitrogens is 1. The van der Waals surface area contributed by atoms with Crippen LogP contribution in [0.25, 0.3) is 12.3 Å². The molecule has 1 amide bonds. The zero-order chi connectivity index (χ0) is 21.3. The van der Waals surface area contributed by atoms with Crippen molar-refractivity contribution >= 4 is 18.2 Å². The maximum atomic E-state index is 13.8. The lowest BCUT2D eigenvalue weighted by Gasteiger charge is -2.17. The average molecular weight is 416 g/mol. The lowest BCUT2D eigenvalue weighted by molar-refractivity contribution is -0.139. The van der Waals surface area contributed by atoms with E-state index in [-0.39, 0.29) is 19.0 Å². The summed E-state index contributed by atoms with van der Waals surface area (Å²) in [5, 5.41) is 4.52. The second-order valence-corrected chi connectivity index (χ2v) is 6.41. The van der Waals surface area contributed by atoms with Crippen molar-refractivity contribution < 1.29 is 29.6 Å². The minimum absolute atomic E-state index is 0. The Bertz CT molecular complexity index is 1150. The van der Waals surface area contributed by atoms with E-state index in [1.54, 1.807) is 0 Å². The zero-order valence-corrected chi connectivity index (χ0v) is 15.0. The molecule has 0 aliphatic carbocycles. The van der Waals surface area contributed by atoms with Crippen LogP contribution in [0.1, 0.15) is 32.5 Å². The molecule has 3 N–H and O–H groups in total. The number of aromatic nitrogens is 1. The van der Waals surface area contributed by atoms with Gasteiger partial charge >= 0.3 is 6.18 Å². The average Bonchev–Trinajstić information content (AvgIpc) is 2.60. The first-order chi connectivity index (χ1) is 13.6. The fourth-order valence-electron chi connectivity index (χ4n) is 3.10. The first kappa shape index (κ1) is 20.6. The highest BCUT2D eigenvalue weighted by Crippen LogP contribution is 2.28. The van der Waals surface area contributed by atoms with Crippen LogP contribution in [0.15, 0.2) is 23.0 Å². The minimum atomic E-state index is -4.88. The number of hydrogen-bond donors (Lipinski definition) is 3. The first-order valence-corrected chi connectivity index (χ1v) is 8.44. The second-order valence-electron chi connectivity index (χ2n) is 6.41. The Morgan fingerprint density at radius 2 is 2.00 bits per heavy atom. The van der Waals surface area contributed by atoms with Gasteiger partial charge in [-0.15, -0.1) is 0 Å². The van der Waals surface area contributed by atoms with Crippen LogP contribution in [-0.4, -0.2) is 10.9 Å². The largest absolute Gasteiger partial charge is 0.417 e. The van der Waals surface area contributed by atoms with Gasteiger partial charge in [-0.25, -0.2) is 8.78 Å². The molecule has 1 atom stereocenters. The van der Waals surface area contributed by atoms with Crippen LogP contribution in [0, 0.1) is 18.2 Å². The van der Waals surface area contributed by atoms with Gasteiger partial charge < -0.3 is 15.6 Å². The summed E-state index contributed by atoms with van der Waals surface area (Å²) in [4.78, 5) is 26.9. The third kappa shape index (κ3) is 4.30. The van der Waals surface area contributed by atoms with E-state index >= 15 is 0 Å². The van der Waals surface area contributed by atoms with Gasteiger partial charge in [0.15, 0.2) is 0 Å². The normalized spacial score (nSPS) is 14.1. The van der Waals surface area contributed by atoms with Crippen molar-refractivity contribution in [3.05, 3.63) is 74.0 Å². The van der Waals surface area contributed by atoms with E-state index in [9.17, 15) is 31.5 Å². The number of rotatable bonds is 4. The molecule has 2 aromatic rings. The maximum Gasteiger partial charge on any atom is 0.417 e. The molecule has 1 aromatic carbocycles. The summed E-state index contributed by atoms with van der Waals surface area (Å²) in [5.41, 5.74) is -3.07. The van der Waals surface area contributed by atoms with Gasteiger partial charge in [-0.3, -0.25) is 9.59 Å². The molecule has 157 valence electrons. The highest BCUT2D eigenvalue weighted by Gasteiger charge is 2.37.